The molecule has 2 aliphatic carbocycles. The highest BCUT2D eigenvalue weighted by atomic mass is 16.5. The van der Waals surface area contributed by atoms with Gasteiger partial charge in [-0.2, -0.15) is 0 Å². The molecule has 0 amide bonds. The average Bonchev–Trinajstić information content (AvgIpc) is 2.57. The summed E-state index contributed by atoms with van der Waals surface area (Å²) >= 11 is 0. The lowest BCUT2D eigenvalue weighted by Gasteiger charge is -2.12. The van der Waals surface area contributed by atoms with E-state index >= 15 is 0 Å². The van der Waals surface area contributed by atoms with Gasteiger partial charge in [0.15, 0.2) is 0 Å². The van der Waals surface area contributed by atoms with Crippen molar-refractivity contribution in [3.8, 4) is 0 Å². The van der Waals surface area contributed by atoms with E-state index in [-0.39, 0.29) is 5.97 Å². The third-order valence-corrected chi connectivity index (χ3v) is 3.88. The van der Waals surface area contributed by atoms with Crippen LogP contribution in [-0.2, 0) is 9.53 Å². The second-order valence-corrected chi connectivity index (χ2v) is 5.70. The molecule has 0 radical (unpaired) electrons. The van der Waals surface area contributed by atoms with Gasteiger partial charge in [0.1, 0.15) is 6.61 Å². The van der Waals surface area contributed by atoms with Crippen LogP contribution in [0.1, 0.15) is 27.7 Å². The van der Waals surface area contributed by atoms with Gasteiger partial charge < -0.3 is 4.74 Å². The van der Waals surface area contributed by atoms with Gasteiger partial charge in [0.05, 0.1) is 5.57 Å². The van der Waals surface area contributed by atoms with E-state index in [0.29, 0.717) is 6.61 Å². The molecule has 1 fully saturated rings. The maximum Gasteiger partial charge on any atom is 0.339 e. The lowest BCUT2D eigenvalue weighted by atomic mass is 9.90. The van der Waals surface area contributed by atoms with Gasteiger partial charge in [0.25, 0.3) is 0 Å². The fourth-order valence-electron chi connectivity index (χ4n) is 3.14. The number of cyclic esters (lactones) is 1. The molecule has 0 aromatic heterocycles. The molecule has 1 aliphatic heterocycles. The smallest absolute Gasteiger partial charge is 0.339 e. The van der Waals surface area contributed by atoms with E-state index in [0.717, 1.165) is 33.4 Å². The van der Waals surface area contributed by atoms with E-state index in [1.807, 2.05) is 0 Å². The first-order valence-corrected chi connectivity index (χ1v) is 6.86. The molecule has 0 N–H and O–H groups in total. The monoisotopic (exact) mass is 266 g/mol. The number of fused-ring (bicyclic) bond motifs is 2. The van der Waals surface area contributed by atoms with Crippen LogP contribution in [-0.4, -0.2) is 12.6 Å². The van der Waals surface area contributed by atoms with Crippen molar-refractivity contribution in [3.63, 3.8) is 0 Å². The molecule has 20 heavy (non-hydrogen) atoms. The van der Waals surface area contributed by atoms with Crippen molar-refractivity contribution in [2.24, 2.45) is 0 Å². The number of rotatable bonds is 0. The standard InChI is InChI=1S/C18H18O2/c1-10-5-12(3)15-8-11(2)7-14-9-20-18(19)17(14)16(15)13(4)6-10/h5-8H,9H2,1-4H3. The van der Waals surface area contributed by atoms with Gasteiger partial charge >= 0.3 is 5.97 Å². The first kappa shape index (κ1) is 12.9. The second-order valence-electron chi connectivity index (χ2n) is 5.70. The van der Waals surface area contributed by atoms with Crippen molar-refractivity contribution >= 4 is 5.97 Å². The lowest BCUT2D eigenvalue weighted by Crippen LogP contribution is -2.03. The van der Waals surface area contributed by atoms with Crippen LogP contribution in [0.5, 0.6) is 0 Å². The van der Waals surface area contributed by atoms with Gasteiger partial charge in [-0.15, -0.1) is 0 Å². The first-order chi connectivity index (χ1) is 9.47. The SMILES string of the molecule is CC1=CC(C)=C2C=C(C)C=C3COC(=O)C3=C2C(C)=C1. The van der Waals surface area contributed by atoms with Gasteiger partial charge in [0.2, 0.25) is 0 Å². The third kappa shape index (κ3) is 1.92. The maximum absolute atomic E-state index is 12.2. The normalized spacial score (nSPS) is 22.1. The summed E-state index contributed by atoms with van der Waals surface area (Å²) in [7, 11) is 0. The largest absolute Gasteiger partial charge is 0.457 e. The fourth-order valence-corrected chi connectivity index (χ4v) is 3.14. The summed E-state index contributed by atoms with van der Waals surface area (Å²) < 4.78 is 5.24. The summed E-state index contributed by atoms with van der Waals surface area (Å²) in [4.78, 5) is 12.2. The van der Waals surface area contributed by atoms with Crippen molar-refractivity contribution in [3.05, 3.63) is 68.9 Å². The summed E-state index contributed by atoms with van der Waals surface area (Å²) in [5, 5.41) is 0. The van der Waals surface area contributed by atoms with Gasteiger partial charge in [-0.1, -0.05) is 35.5 Å². The Morgan fingerprint density at radius 2 is 1.60 bits per heavy atom. The highest BCUT2D eigenvalue weighted by Crippen LogP contribution is 2.39. The zero-order chi connectivity index (χ0) is 14.4. The Bertz CT molecular complexity index is 704. The number of allylic oxidation sites excluding steroid dienone is 10. The maximum atomic E-state index is 12.2. The van der Waals surface area contributed by atoms with E-state index in [9.17, 15) is 4.79 Å². The Labute approximate surface area is 119 Å². The average molecular weight is 266 g/mol. The first-order valence-electron chi connectivity index (χ1n) is 6.86. The van der Waals surface area contributed by atoms with Gasteiger partial charge in [0, 0.05) is 5.57 Å². The highest BCUT2D eigenvalue weighted by molar-refractivity contribution is 6.00. The minimum Gasteiger partial charge on any atom is -0.457 e. The van der Waals surface area contributed by atoms with Crippen LogP contribution >= 0.6 is 0 Å². The molecular weight excluding hydrogens is 248 g/mol. The van der Waals surface area contributed by atoms with E-state index in [2.05, 4.69) is 52.0 Å². The Balaban J connectivity index is 2.40. The van der Waals surface area contributed by atoms with Crippen LogP contribution in [0.4, 0.5) is 0 Å². The molecule has 0 bridgehead atoms. The molecule has 3 rings (SSSR count). The molecule has 0 atom stereocenters. The van der Waals surface area contributed by atoms with E-state index in [1.54, 1.807) is 0 Å². The molecule has 2 nitrogen and oxygen atoms in total. The molecule has 1 heterocycles. The predicted octanol–water partition coefficient (Wildman–Crippen LogP) is 3.95. The summed E-state index contributed by atoms with van der Waals surface area (Å²) in [6.07, 6.45) is 8.53. The molecule has 1 saturated heterocycles. The zero-order valence-corrected chi connectivity index (χ0v) is 12.3. The van der Waals surface area contributed by atoms with Crippen LogP contribution in [0.3, 0.4) is 0 Å². The van der Waals surface area contributed by atoms with Crippen molar-refractivity contribution < 1.29 is 9.53 Å². The van der Waals surface area contributed by atoms with Crippen LogP contribution in [0, 0.1) is 0 Å². The molecule has 0 aromatic rings. The van der Waals surface area contributed by atoms with Crippen LogP contribution < -0.4 is 0 Å². The number of carbonyl (C=O) groups is 1. The third-order valence-electron chi connectivity index (χ3n) is 3.88. The van der Waals surface area contributed by atoms with E-state index in [1.165, 1.54) is 11.1 Å². The van der Waals surface area contributed by atoms with Crippen LogP contribution in [0.15, 0.2) is 68.9 Å². The zero-order valence-electron chi connectivity index (χ0n) is 12.3. The van der Waals surface area contributed by atoms with Crippen LogP contribution in [0.2, 0.25) is 0 Å². The van der Waals surface area contributed by atoms with Crippen molar-refractivity contribution in [1.82, 2.24) is 0 Å². The Morgan fingerprint density at radius 1 is 0.900 bits per heavy atom. The predicted molar refractivity (Wildman–Crippen MR) is 80.0 cm³/mol. The number of ether oxygens (including phenoxy) is 1. The Kier molecular flexibility index (Phi) is 2.89. The van der Waals surface area contributed by atoms with Crippen molar-refractivity contribution in [1.29, 1.82) is 0 Å². The molecule has 0 aromatic carbocycles. The summed E-state index contributed by atoms with van der Waals surface area (Å²) in [6, 6.07) is 0. The molecule has 102 valence electrons. The topological polar surface area (TPSA) is 26.3 Å². The number of carbonyl (C=O) groups excluding carboxylic acids is 1. The lowest BCUT2D eigenvalue weighted by molar-refractivity contribution is -0.135. The summed E-state index contributed by atoms with van der Waals surface area (Å²) in [6.45, 7) is 8.70. The minimum absolute atomic E-state index is 0.202. The Morgan fingerprint density at radius 3 is 2.35 bits per heavy atom. The van der Waals surface area contributed by atoms with E-state index < -0.39 is 0 Å². The quantitative estimate of drug-likeness (QED) is 0.621. The number of hydrogen-bond acceptors (Lipinski definition) is 2. The molecule has 3 aliphatic rings. The highest BCUT2D eigenvalue weighted by Gasteiger charge is 2.32. The molecule has 0 saturated carbocycles. The van der Waals surface area contributed by atoms with Gasteiger partial charge in [-0.05, 0) is 50.0 Å². The van der Waals surface area contributed by atoms with Gasteiger partial charge in [-0.25, -0.2) is 4.79 Å². The molecular formula is C18H18O2. The van der Waals surface area contributed by atoms with Crippen molar-refractivity contribution in [2.45, 2.75) is 27.7 Å². The minimum atomic E-state index is -0.202. The summed E-state index contributed by atoms with van der Waals surface area (Å²) in [5.74, 6) is -0.202. The molecule has 2 heteroatoms. The van der Waals surface area contributed by atoms with Crippen LogP contribution in [0.25, 0.3) is 0 Å². The van der Waals surface area contributed by atoms with Gasteiger partial charge in [-0.3, -0.25) is 0 Å². The Hall–Kier alpha value is -2.09. The number of hydrogen-bond donors (Lipinski definition) is 0. The molecule has 0 spiro atoms. The van der Waals surface area contributed by atoms with Crippen molar-refractivity contribution in [2.75, 3.05) is 6.61 Å². The molecule has 0 unspecified atom stereocenters. The second kappa shape index (κ2) is 4.48. The fraction of sp³-hybridized carbons (Fsp3) is 0.278. The number of esters is 1. The van der Waals surface area contributed by atoms with E-state index in [4.69, 9.17) is 4.74 Å². The summed E-state index contributed by atoms with van der Waals surface area (Å²) in [5.41, 5.74) is 8.56.